The zero-order valence-electron chi connectivity index (χ0n) is 12.8. The van der Waals surface area contributed by atoms with Gasteiger partial charge >= 0.3 is 0 Å². The van der Waals surface area contributed by atoms with Crippen LogP contribution >= 0.6 is 11.6 Å². The molecule has 0 N–H and O–H groups in total. The average molecular weight is 324 g/mol. The van der Waals surface area contributed by atoms with E-state index in [9.17, 15) is 4.79 Å². The summed E-state index contributed by atoms with van der Waals surface area (Å²) in [5.41, 5.74) is 1.02. The minimum atomic E-state index is 0.00626. The Hall–Kier alpha value is -1.10. The molecular weight excluding hydrogens is 302 g/mol. The molecule has 1 saturated carbocycles. The Balaban J connectivity index is 1.65. The van der Waals surface area contributed by atoms with Crippen LogP contribution in [0.1, 0.15) is 24.8 Å². The molecule has 0 spiro atoms. The first-order chi connectivity index (χ1) is 10.7. The molecule has 2 aliphatic rings. The Morgan fingerprint density at radius 3 is 3.00 bits per heavy atom. The molecule has 22 heavy (non-hydrogen) atoms. The van der Waals surface area contributed by atoms with Gasteiger partial charge in [0.15, 0.2) is 0 Å². The van der Waals surface area contributed by atoms with Crippen molar-refractivity contribution in [3.05, 3.63) is 34.9 Å². The van der Waals surface area contributed by atoms with Crippen molar-refractivity contribution in [1.82, 2.24) is 4.90 Å². The van der Waals surface area contributed by atoms with Gasteiger partial charge in [0.05, 0.1) is 18.8 Å². The summed E-state index contributed by atoms with van der Waals surface area (Å²) in [7, 11) is 1.71. The fourth-order valence-corrected chi connectivity index (χ4v) is 3.83. The van der Waals surface area contributed by atoms with E-state index in [1.165, 1.54) is 0 Å². The van der Waals surface area contributed by atoms with E-state index in [0.717, 1.165) is 23.4 Å². The molecule has 0 radical (unpaired) electrons. The van der Waals surface area contributed by atoms with Crippen molar-refractivity contribution in [2.24, 2.45) is 0 Å². The molecule has 1 aliphatic carbocycles. The van der Waals surface area contributed by atoms with E-state index < -0.39 is 0 Å². The highest BCUT2D eigenvalue weighted by Gasteiger charge is 2.43. The quantitative estimate of drug-likeness (QED) is 0.855. The van der Waals surface area contributed by atoms with Crippen molar-refractivity contribution in [2.75, 3.05) is 20.3 Å². The molecule has 1 amide bonds. The maximum atomic E-state index is 12.7. The normalized spacial score (nSPS) is 27.7. The lowest BCUT2D eigenvalue weighted by molar-refractivity contribution is -0.135. The van der Waals surface area contributed by atoms with Gasteiger partial charge in [-0.2, -0.15) is 0 Å². The summed E-state index contributed by atoms with van der Waals surface area (Å²) in [6, 6.07) is 7.85. The lowest BCUT2D eigenvalue weighted by atomic mass is 10.1. The van der Waals surface area contributed by atoms with Gasteiger partial charge in [0.25, 0.3) is 0 Å². The number of hydrogen-bond acceptors (Lipinski definition) is 3. The number of ether oxygens (including phenoxy) is 2. The maximum absolute atomic E-state index is 12.7. The summed E-state index contributed by atoms with van der Waals surface area (Å²) in [5.74, 6) is 0.165. The first-order valence-corrected chi connectivity index (χ1v) is 8.26. The number of methoxy groups -OCH3 is 1. The molecule has 1 aromatic rings. The standard InChI is InChI=1S/C17H22ClNO3/c1-21-17-14-7-8-15(17)22-11-10-19(14)16(20)9-6-12-4-2-3-5-13(12)18/h2-5,14-15,17H,6-11H2,1H3/t14-,15-,17-/m1/s1. The first-order valence-electron chi connectivity index (χ1n) is 7.88. The second-order valence-electron chi connectivity index (χ2n) is 5.93. The molecule has 3 rings (SSSR count). The van der Waals surface area contributed by atoms with E-state index in [0.29, 0.717) is 26.0 Å². The van der Waals surface area contributed by atoms with Gasteiger partial charge in [-0.05, 0) is 30.9 Å². The molecule has 3 atom stereocenters. The van der Waals surface area contributed by atoms with Crippen molar-refractivity contribution in [1.29, 1.82) is 0 Å². The van der Waals surface area contributed by atoms with E-state index in [1.807, 2.05) is 29.2 Å². The van der Waals surface area contributed by atoms with Crippen LogP contribution in [0.5, 0.6) is 0 Å². The summed E-state index contributed by atoms with van der Waals surface area (Å²) in [6.45, 7) is 1.25. The summed E-state index contributed by atoms with van der Waals surface area (Å²) < 4.78 is 11.4. The van der Waals surface area contributed by atoms with Gasteiger partial charge in [0.1, 0.15) is 6.10 Å². The van der Waals surface area contributed by atoms with E-state index in [2.05, 4.69) is 0 Å². The predicted molar refractivity (Wildman–Crippen MR) is 85.0 cm³/mol. The van der Waals surface area contributed by atoms with Crippen molar-refractivity contribution >= 4 is 17.5 Å². The van der Waals surface area contributed by atoms with Gasteiger partial charge in [-0.25, -0.2) is 0 Å². The van der Waals surface area contributed by atoms with Crippen LogP contribution in [-0.4, -0.2) is 49.3 Å². The first kappa shape index (κ1) is 15.8. The summed E-state index contributed by atoms with van der Waals surface area (Å²) in [6.07, 6.45) is 3.21. The van der Waals surface area contributed by atoms with Gasteiger partial charge in [-0.3, -0.25) is 4.79 Å². The second-order valence-corrected chi connectivity index (χ2v) is 6.34. The molecule has 2 fully saturated rings. The molecule has 0 unspecified atom stereocenters. The van der Waals surface area contributed by atoms with Crippen molar-refractivity contribution in [3.63, 3.8) is 0 Å². The number of carbonyl (C=O) groups is 1. The number of aryl methyl sites for hydroxylation is 1. The van der Waals surface area contributed by atoms with Crippen LogP contribution in [0.15, 0.2) is 24.3 Å². The average Bonchev–Trinajstić information content (AvgIpc) is 2.81. The molecular formula is C17H22ClNO3. The molecule has 1 aliphatic heterocycles. The minimum absolute atomic E-state index is 0.00626. The Morgan fingerprint density at radius 2 is 2.23 bits per heavy atom. The number of benzene rings is 1. The van der Waals surface area contributed by atoms with Crippen LogP contribution in [0.3, 0.4) is 0 Å². The van der Waals surface area contributed by atoms with Gasteiger partial charge in [-0.15, -0.1) is 0 Å². The van der Waals surface area contributed by atoms with Gasteiger partial charge in [-0.1, -0.05) is 29.8 Å². The van der Waals surface area contributed by atoms with Gasteiger partial charge in [0.2, 0.25) is 5.91 Å². The highest BCUT2D eigenvalue weighted by atomic mass is 35.5. The fraction of sp³-hybridized carbons (Fsp3) is 0.588. The lowest BCUT2D eigenvalue weighted by Crippen LogP contribution is -2.46. The molecule has 2 bridgehead atoms. The molecule has 1 aromatic carbocycles. The minimum Gasteiger partial charge on any atom is -0.377 e. The highest BCUT2D eigenvalue weighted by Crippen LogP contribution is 2.32. The Kier molecular flexibility index (Phi) is 5.01. The van der Waals surface area contributed by atoms with Crippen LogP contribution in [0.4, 0.5) is 0 Å². The zero-order chi connectivity index (χ0) is 15.5. The van der Waals surface area contributed by atoms with Crippen LogP contribution in [0, 0.1) is 0 Å². The number of halogens is 1. The molecule has 0 aromatic heterocycles. The zero-order valence-corrected chi connectivity index (χ0v) is 13.6. The van der Waals surface area contributed by atoms with Crippen LogP contribution in [0.25, 0.3) is 0 Å². The van der Waals surface area contributed by atoms with Crippen molar-refractivity contribution in [3.8, 4) is 0 Å². The molecule has 1 saturated heterocycles. The Labute approximate surface area is 136 Å². The lowest BCUT2D eigenvalue weighted by Gasteiger charge is -2.30. The summed E-state index contributed by atoms with van der Waals surface area (Å²) in [5, 5.41) is 0.727. The second kappa shape index (κ2) is 6.99. The number of carbonyl (C=O) groups excluding carboxylic acids is 1. The van der Waals surface area contributed by atoms with Gasteiger partial charge < -0.3 is 14.4 Å². The van der Waals surface area contributed by atoms with Gasteiger partial charge in [0, 0.05) is 25.1 Å². The largest absolute Gasteiger partial charge is 0.377 e. The number of nitrogens with zero attached hydrogens (tertiary/aromatic N) is 1. The molecule has 1 heterocycles. The third-order valence-corrected chi connectivity index (χ3v) is 5.08. The monoisotopic (exact) mass is 323 g/mol. The smallest absolute Gasteiger partial charge is 0.223 e. The fourth-order valence-electron chi connectivity index (χ4n) is 3.60. The van der Waals surface area contributed by atoms with E-state index in [-0.39, 0.29) is 24.2 Å². The topological polar surface area (TPSA) is 38.8 Å². The van der Waals surface area contributed by atoms with Crippen LogP contribution < -0.4 is 0 Å². The molecule has 4 nitrogen and oxygen atoms in total. The van der Waals surface area contributed by atoms with Crippen molar-refractivity contribution < 1.29 is 14.3 Å². The number of fused-ring (bicyclic) bond motifs is 2. The number of amides is 1. The summed E-state index contributed by atoms with van der Waals surface area (Å²) in [4.78, 5) is 14.6. The SMILES string of the molecule is CO[C@@H]1[C@H]2CC[C@H]1OCCN2C(=O)CCc1ccccc1Cl. The van der Waals surface area contributed by atoms with Crippen molar-refractivity contribution in [2.45, 2.75) is 43.9 Å². The molecule has 5 heteroatoms. The predicted octanol–water partition coefficient (Wildman–Crippen LogP) is 2.68. The third kappa shape index (κ3) is 3.14. The molecule has 120 valence electrons. The highest BCUT2D eigenvalue weighted by molar-refractivity contribution is 6.31. The number of hydrogen-bond donors (Lipinski definition) is 0. The van der Waals surface area contributed by atoms with E-state index >= 15 is 0 Å². The maximum Gasteiger partial charge on any atom is 0.223 e. The van der Waals surface area contributed by atoms with Crippen LogP contribution in [-0.2, 0) is 20.7 Å². The van der Waals surface area contributed by atoms with E-state index in [1.54, 1.807) is 7.11 Å². The summed E-state index contributed by atoms with van der Waals surface area (Å²) >= 11 is 6.16. The Bertz CT molecular complexity index is 536. The van der Waals surface area contributed by atoms with E-state index in [4.69, 9.17) is 21.1 Å². The number of rotatable bonds is 4. The third-order valence-electron chi connectivity index (χ3n) is 4.72. The Morgan fingerprint density at radius 1 is 1.41 bits per heavy atom. The van der Waals surface area contributed by atoms with Crippen LogP contribution in [0.2, 0.25) is 5.02 Å².